The van der Waals surface area contributed by atoms with Gasteiger partial charge in [-0.25, -0.2) is 0 Å². The monoisotopic (exact) mass is 392 g/mol. The third-order valence-corrected chi connectivity index (χ3v) is 3.57. The highest BCUT2D eigenvalue weighted by Crippen LogP contribution is 2.30. The van der Waals surface area contributed by atoms with Crippen LogP contribution in [0.1, 0.15) is 62.8 Å². The van der Waals surface area contributed by atoms with Crippen LogP contribution in [-0.2, 0) is 18.8 Å². The van der Waals surface area contributed by atoms with Gasteiger partial charge in [-0.2, -0.15) is 26.3 Å². The highest BCUT2D eigenvalue weighted by Gasteiger charge is 2.30. The molecule has 152 valence electrons. The van der Waals surface area contributed by atoms with Crippen molar-refractivity contribution in [2.45, 2.75) is 59.3 Å². The Balaban J connectivity index is 0.000000460. The minimum absolute atomic E-state index is 0.266. The second-order valence-corrected chi connectivity index (χ2v) is 5.83. The lowest BCUT2D eigenvalue weighted by molar-refractivity contribution is -0.138. The summed E-state index contributed by atoms with van der Waals surface area (Å²) >= 11 is 0. The molecule has 2 aromatic rings. The number of alkyl halides is 6. The highest BCUT2D eigenvalue weighted by atomic mass is 19.4. The van der Waals surface area contributed by atoms with Crippen LogP contribution in [0.25, 0.3) is 0 Å². The van der Waals surface area contributed by atoms with Crippen LogP contribution < -0.4 is 0 Å². The molecule has 27 heavy (non-hydrogen) atoms. The first-order chi connectivity index (χ1) is 12.4. The van der Waals surface area contributed by atoms with Crippen molar-refractivity contribution >= 4 is 0 Å². The van der Waals surface area contributed by atoms with Crippen LogP contribution >= 0.6 is 0 Å². The van der Waals surface area contributed by atoms with Crippen LogP contribution in [0.2, 0.25) is 0 Å². The maximum atomic E-state index is 12.1. The van der Waals surface area contributed by atoms with Crippen molar-refractivity contribution in [1.82, 2.24) is 0 Å². The minimum Gasteiger partial charge on any atom is -0.166 e. The Hall–Kier alpha value is -1.98. The molecule has 0 aliphatic carbocycles. The van der Waals surface area contributed by atoms with Gasteiger partial charge in [0.2, 0.25) is 0 Å². The molecule has 0 spiro atoms. The van der Waals surface area contributed by atoms with E-state index in [2.05, 4.69) is 0 Å². The first-order valence-electron chi connectivity index (χ1n) is 8.78. The highest BCUT2D eigenvalue weighted by molar-refractivity contribution is 5.26. The van der Waals surface area contributed by atoms with Crippen LogP contribution in [0.15, 0.2) is 48.5 Å². The molecular formula is C21H26F6. The maximum Gasteiger partial charge on any atom is 0.416 e. The van der Waals surface area contributed by atoms with Crippen molar-refractivity contribution in [3.8, 4) is 0 Å². The molecule has 0 unspecified atom stereocenters. The smallest absolute Gasteiger partial charge is 0.166 e. The number of rotatable bonds is 2. The van der Waals surface area contributed by atoms with Gasteiger partial charge >= 0.3 is 12.4 Å². The second kappa shape index (κ2) is 11.0. The molecular weight excluding hydrogens is 366 g/mol. The van der Waals surface area contributed by atoms with E-state index in [1.54, 1.807) is 6.07 Å². The molecule has 0 atom stereocenters. The van der Waals surface area contributed by atoms with Crippen LogP contribution in [0.4, 0.5) is 26.3 Å². The average Bonchev–Trinajstić information content (AvgIpc) is 2.62. The molecule has 0 fully saturated rings. The van der Waals surface area contributed by atoms with E-state index < -0.39 is 23.5 Å². The van der Waals surface area contributed by atoms with E-state index in [1.165, 1.54) is 24.3 Å². The fraction of sp³-hybridized carbons (Fsp3) is 0.429. The summed E-state index contributed by atoms with van der Waals surface area (Å²) in [4.78, 5) is 0. The van der Waals surface area contributed by atoms with E-state index in [1.807, 2.05) is 34.6 Å². The molecule has 2 aromatic carbocycles. The van der Waals surface area contributed by atoms with E-state index in [0.717, 1.165) is 23.8 Å². The molecule has 0 aliphatic heterocycles. The molecule has 0 bridgehead atoms. The summed E-state index contributed by atoms with van der Waals surface area (Å²) in [5.74, 6) is 0.266. The predicted octanol–water partition coefficient (Wildman–Crippen LogP) is 8.12. The van der Waals surface area contributed by atoms with Crippen molar-refractivity contribution in [3.63, 3.8) is 0 Å². The molecule has 0 N–H and O–H groups in total. The molecule has 0 aromatic heterocycles. The Morgan fingerprint density at radius 1 is 0.741 bits per heavy atom. The molecule has 0 amide bonds. The molecule has 6 heteroatoms. The first-order valence-corrected chi connectivity index (χ1v) is 8.78. The third-order valence-electron chi connectivity index (χ3n) is 3.57. The quantitative estimate of drug-likeness (QED) is 0.453. The van der Waals surface area contributed by atoms with Crippen molar-refractivity contribution < 1.29 is 26.3 Å². The average molecular weight is 392 g/mol. The van der Waals surface area contributed by atoms with Gasteiger partial charge in [-0.1, -0.05) is 65.0 Å². The molecule has 2 rings (SSSR count). The summed E-state index contributed by atoms with van der Waals surface area (Å²) in [5, 5.41) is 0. The van der Waals surface area contributed by atoms with Crippen LogP contribution in [-0.4, -0.2) is 0 Å². The minimum atomic E-state index is -4.23. The number of halogens is 6. The maximum absolute atomic E-state index is 12.1. The standard InChI is InChI=1S/C10H11F3.C9H9F3.C2H6/c1-7(2)8-3-5-9(6-4-8)10(11,12)13;1-2-7-4-3-5-8(6-7)9(10,11)12;1-2/h3-7H,1-2H3;3-6H,2H2,1H3;1-2H3. The van der Waals surface area contributed by atoms with Gasteiger partial charge in [0.1, 0.15) is 0 Å². The van der Waals surface area contributed by atoms with E-state index in [4.69, 9.17) is 0 Å². The molecule has 0 heterocycles. The van der Waals surface area contributed by atoms with Gasteiger partial charge in [0.25, 0.3) is 0 Å². The summed E-state index contributed by atoms with van der Waals surface area (Å²) in [6.45, 7) is 9.72. The summed E-state index contributed by atoms with van der Waals surface area (Å²) in [6, 6.07) is 10.7. The Kier molecular flexibility index (Phi) is 10.2. The lowest BCUT2D eigenvalue weighted by atomic mass is 10.0. The summed E-state index contributed by atoms with van der Waals surface area (Å²) in [5.41, 5.74) is 0.483. The number of hydrogen-bond acceptors (Lipinski definition) is 0. The lowest BCUT2D eigenvalue weighted by Crippen LogP contribution is -2.04. The second-order valence-electron chi connectivity index (χ2n) is 5.83. The number of aryl methyl sites for hydroxylation is 1. The van der Waals surface area contributed by atoms with E-state index in [0.29, 0.717) is 12.0 Å². The van der Waals surface area contributed by atoms with Crippen molar-refractivity contribution in [3.05, 3.63) is 70.8 Å². The predicted molar refractivity (Wildman–Crippen MR) is 97.7 cm³/mol. The summed E-state index contributed by atoms with van der Waals surface area (Å²) < 4.78 is 72.7. The third kappa shape index (κ3) is 8.98. The zero-order chi connectivity index (χ0) is 21.3. The number of benzene rings is 2. The number of hydrogen-bond donors (Lipinski definition) is 0. The Morgan fingerprint density at radius 3 is 1.59 bits per heavy atom. The van der Waals surface area contributed by atoms with Gasteiger partial charge in [0.15, 0.2) is 0 Å². The van der Waals surface area contributed by atoms with Gasteiger partial charge in [-0.05, 0) is 41.7 Å². The molecule has 0 radical (unpaired) electrons. The lowest BCUT2D eigenvalue weighted by Gasteiger charge is -2.09. The van der Waals surface area contributed by atoms with Gasteiger partial charge in [-0.15, -0.1) is 0 Å². The molecule has 0 saturated carbocycles. The van der Waals surface area contributed by atoms with Crippen molar-refractivity contribution in [2.75, 3.05) is 0 Å². The fourth-order valence-electron chi connectivity index (χ4n) is 2.02. The molecule has 0 saturated heterocycles. The Morgan fingerprint density at radius 2 is 1.22 bits per heavy atom. The van der Waals surface area contributed by atoms with Crippen LogP contribution in [0.3, 0.4) is 0 Å². The van der Waals surface area contributed by atoms with Crippen molar-refractivity contribution in [1.29, 1.82) is 0 Å². The molecule has 0 nitrogen and oxygen atoms in total. The molecule has 0 aliphatic rings. The van der Waals surface area contributed by atoms with E-state index in [9.17, 15) is 26.3 Å². The van der Waals surface area contributed by atoms with Crippen molar-refractivity contribution in [2.24, 2.45) is 0 Å². The Labute approximate surface area is 157 Å². The summed E-state index contributed by atoms with van der Waals surface area (Å²) in [6.07, 6.45) is -7.81. The van der Waals surface area contributed by atoms with Gasteiger partial charge in [-0.3, -0.25) is 0 Å². The zero-order valence-corrected chi connectivity index (χ0v) is 16.2. The Bertz CT molecular complexity index is 652. The SMILES string of the molecule is CC.CC(C)c1ccc(C(F)(F)F)cc1.CCc1cccc(C(F)(F)F)c1. The summed E-state index contributed by atoms with van der Waals surface area (Å²) in [7, 11) is 0. The first kappa shape index (κ1) is 25.0. The van der Waals surface area contributed by atoms with E-state index >= 15 is 0 Å². The van der Waals surface area contributed by atoms with Crippen LogP contribution in [0, 0.1) is 0 Å². The topological polar surface area (TPSA) is 0 Å². The van der Waals surface area contributed by atoms with Gasteiger partial charge < -0.3 is 0 Å². The fourth-order valence-corrected chi connectivity index (χ4v) is 2.02. The normalized spacial score (nSPS) is 11.3. The van der Waals surface area contributed by atoms with E-state index in [-0.39, 0.29) is 5.92 Å². The van der Waals surface area contributed by atoms with Crippen LogP contribution in [0.5, 0.6) is 0 Å². The van der Waals surface area contributed by atoms with Gasteiger partial charge in [0, 0.05) is 0 Å². The zero-order valence-electron chi connectivity index (χ0n) is 16.2. The van der Waals surface area contributed by atoms with Gasteiger partial charge in [0.05, 0.1) is 11.1 Å². The largest absolute Gasteiger partial charge is 0.416 e.